The van der Waals surface area contributed by atoms with Gasteiger partial charge in [0.05, 0.1) is 12.1 Å². The Balaban J connectivity index is 0.000000701. The fourth-order valence-electron chi connectivity index (χ4n) is 2.42. The van der Waals surface area contributed by atoms with Crippen LogP contribution in [0, 0.1) is 11.8 Å². The Morgan fingerprint density at radius 2 is 1.32 bits per heavy atom. The summed E-state index contributed by atoms with van der Waals surface area (Å²) < 4.78 is 11.4. The van der Waals surface area contributed by atoms with E-state index in [0.717, 1.165) is 11.4 Å². The summed E-state index contributed by atoms with van der Waals surface area (Å²) in [7, 11) is 9.40. The molecular weight excluding hydrogens is 408 g/mol. The molecule has 2 aliphatic heterocycles. The zero-order valence-electron chi connectivity index (χ0n) is 14.7. The summed E-state index contributed by atoms with van der Waals surface area (Å²) in [6.07, 6.45) is 0. The number of ether oxygens (including phenoxy) is 2. The predicted molar refractivity (Wildman–Crippen MR) is 98.2 cm³/mol. The van der Waals surface area contributed by atoms with Crippen molar-refractivity contribution in [1.29, 1.82) is 0 Å². The van der Waals surface area contributed by atoms with E-state index in [9.17, 15) is 0 Å². The van der Waals surface area contributed by atoms with Gasteiger partial charge in [0.15, 0.2) is 0 Å². The Kier molecular flexibility index (Phi) is 7.98. The van der Waals surface area contributed by atoms with Crippen LogP contribution < -0.4 is 0 Å². The number of nitrogens with zero attached hydrogens (tertiary/aromatic N) is 3. The third-order valence-electron chi connectivity index (χ3n) is 4.07. The molecule has 0 fully saturated rings. The van der Waals surface area contributed by atoms with Crippen LogP contribution in [0.25, 0.3) is 0 Å². The van der Waals surface area contributed by atoms with E-state index in [0.29, 0.717) is 49.5 Å². The van der Waals surface area contributed by atoms with Crippen molar-refractivity contribution in [3.8, 4) is 0 Å². The van der Waals surface area contributed by atoms with Gasteiger partial charge in [-0.2, -0.15) is 0 Å². The molecule has 0 bridgehead atoms. The zero-order valence-corrected chi connectivity index (χ0v) is 17.2. The van der Waals surface area contributed by atoms with Crippen molar-refractivity contribution in [2.24, 2.45) is 21.8 Å². The summed E-state index contributed by atoms with van der Waals surface area (Å²) in [6.45, 7) is 9.86. The number of aliphatic imine (C=N–C) groups is 2. The Bertz CT molecular complexity index is 589. The van der Waals surface area contributed by atoms with E-state index < -0.39 is 0 Å². The van der Waals surface area contributed by atoms with E-state index >= 15 is 0 Å². The Morgan fingerprint density at radius 1 is 0.920 bits per heavy atom. The van der Waals surface area contributed by atoms with Gasteiger partial charge in [-0.25, -0.2) is 15.0 Å². The van der Waals surface area contributed by atoms with Crippen LogP contribution in [0.1, 0.15) is 39.1 Å². The van der Waals surface area contributed by atoms with Crippen molar-refractivity contribution in [2.75, 3.05) is 13.2 Å². The van der Waals surface area contributed by atoms with E-state index in [1.165, 1.54) is 0 Å². The molecule has 0 amide bonds. The molecule has 2 aliphatic rings. The third-order valence-corrected chi connectivity index (χ3v) is 4.07. The van der Waals surface area contributed by atoms with E-state index in [4.69, 9.17) is 29.9 Å². The first-order chi connectivity index (χ1) is 12.0. The molecule has 0 aliphatic carbocycles. The number of aromatic nitrogens is 1. The average Bonchev–Trinajstić information content (AvgIpc) is 3.26. The van der Waals surface area contributed by atoms with Crippen LogP contribution >= 0.6 is 20.4 Å². The number of rotatable bonds is 4. The second-order valence-corrected chi connectivity index (χ2v) is 8.20. The van der Waals surface area contributed by atoms with Crippen molar-refractivity contribution < 1.29 is 22.1 Å². The molecule has 0 unspecified atom stereocenters. The molecule has 2 atom stereocenters. The van der Waals surface area contributed by atoms with Crippen LogP contribution in [0.2, 0.25) is 0 Å². The standard InChI is InChI=1S/C17H23N3O2.2ClH.Ni/c1-10(2)14-8-21-16(19-14)12-6-5-7-13(18-12)17-20-15(9-22-17)11(3)4;;;/h5-7,10-11,14-15H,8-9H2,1-4H3;2*1H;/q;;;+2/p-2/t14-,15-;;;/m1.../s1. The van der Waals surface area contributed by atoms with Crippen LogP contribution in [0.3, 0.4) is 0 Å². The first-order valence-electron chi connectivity index (χ1n) is 8.17. The van der Waals surface area contributed by atoms with Gasteiger partial charge in [0.25, 0.3) is 0 Å². The maximum atomic E-state index is 5.70. The number of halogens is 2. The second-order valence-electron chi connectivity index (χ2n) is 6.57. The summed E-state index contributed by atoms with van der Waals surface area (Å²) in [6, 6.07) is 6.21. The molecule has 0 radical (unpaired) electrons. The Labute approximate surface area is 163 Å². The van der Waals surface area contributed by atoms with E-state index in [1.807, 2.05) is 18.2 Å². The molecule has 1 aromatic heterocycles. The van der Waals surface area contributed by atoms with Gasteiger partial charge in [-0.05, 0) is 24.0 Å². The first kappa shape index (κ1) is 20.5. The quantitative estimate of drug-likeness (QED) is 0.677. The number of pyridine rings is 1. The summed E-state index contributed by atoms with van der Waals surface area (Å²) in [5.41, 5.74) is 1.50. The molecule has 0 spiro atoms. The van der Waals surface area contributed by atoms with Gasteiger partial charge in [-0.15, -0.1) is 0 Å². The minimum absolute atomic E-state index is 0.214. The Hall–Kier alpha value is -0.836. The zero-order chi connectivity index (χ0) is 18.4. The summed E-state index contributed by atoms with van der Waals surface area (Å²) in [4.78, 5) is 13.9. The van der Waals surface area contributed by atoms with Crippen LogP contribution in [-0.4, -0.2) is 42.1 Å². The fraction of sp³-hybridized carbons (Fsp3) is 0.588. The van der Waals surface area contributed by atoms with Crippen molar-refractivity contribution in [2.45, 2.75) is 39.8 Å². The minimum atomic E-state index is 0.214. The maximum absolute atomic E-state index is 5.70. The van der Waals surface area contributed by atoms with E-state index in [1.54, 1.807) is 0 Å². The number of hydrogen-bond acceptors (Lipinski definition) is 5. The second kappa shape index (κ2) is 9.75. The van der Waals surface area contributed by atoms with Gasteiger partial charge >= 0.3 is 33.0 Å². The molecule has 0 N–H and O–H groups in total. The molecule has 0 saturated carbocycles. The predicted octanol–water partition coefficient (Wildman–Crippen LogP) is 4.06. The third kappa shape index (κ3) is 5.57. The molecule has 5 nitrogen and oxygen atoms in total. The molecule has 0 saturated heterocycles. The molecule has 0 aromatic carbocycles. The molecule has 8 heteroatoms. The molecule has 1 aromatic rings. The monoisotopic (exact) mass is 429 g/mol. The molecule has 142 valence electrons. The first-order valence-corrected chi connectivity index (χ1v) is 10.9. The van der Waals surface area contributed by atoms with Crippen molar-refractivity contribution in [1.82, 2.24) is 4.98 Å². The van der Waals surface area contributed by atoms with Crippen LogP contribution in [-0.2, 0) is 22.1 Å². The van der Waals surface area contributed by atoms with Crippen LogP contribution in [0.4, 0.5) is 0 Å². The van der Waals surface area contributed by atoms with Gasteiger partial charge in [0, 0.05) is 0 Å². The fourth-order valence-corrected chi connectivity index (χ4v) is 2.42. The molecular formula is C17H23Cl2N3NiO2. The molecule has 3 rings (SSSR count). The van der Waals surface area contributed by atoms with Crippen molar-refractivity contribution in [3.05, 3.63) is 29.6 Å². The Morgan fingerprint density at radius 3 is 1.64 bits per heavy atom. The van der Waals surface area contributed by atoms with E-state index in [-0.39, 0.29) is 12.1 Å². The van der Waals surface area contributed by atoms with Gasteiger partial charge in [0.1, 0.15) is 24.6 Å². The summed E-state index contributed by atoms with van der Waals surface area (Å²) >= 11 is 0.569. The molecule has 25 heavy (non-hydrogen) atoms. The normalized spacial score (nSPS) is 22.2. The summed E-state index contributed by atoms with van der Waals surface area (Å²) in [5.74, 6) is 2.18. The van der Waals surface area contributed by atoms with Crippen molar-refractivity contribution >= 4 is 32.2 Å². The topological polar surface area (TPSA) is 56.1 Å². The van der Waals surface area contributed by atoms with Gasteiger partial charge in [-0.3, -0.25) is 0 Å². The van der Waals surface area contributed by atoms with E-state index in [2.05, 4.69) is 42.7 Å². The average molecular weight is 431 g/mol. The number of hydrogen-bond donors (Lipinski definition) is 0. The van der Waals surface area contributed by atoms with Gasteiger partial charge in [0.2, 0.25) is 11.8 Å². The summed E-state index contributed by atoms with van der Waals surface area (Å²) in [5, 5.41) is 0. The molecule has 3 heterocycles. The van der Waals surface area contributed by atoms with Crippen molar-refractivity contribution in [3.63, 3.8) is 0 Å². The van der Waals surface area contributed by atoms with Gasteiger partial charge in [-0.1, -0.05) is 33.8 Å². The van der Waals surface area contributed by atoms with Crippen LogP contribution in [0.5, 0.6) is 0 Å². The SMILES string of the molecule is CC(C)[C@H]1COC(c2cccc(C3=N[C@@H](C(C)C)CO3)n2)=N1.[Cl][Ni][Cl]. The van der Waals surface area contributed by atoms with Gasteiger partial charge < -0.3 is 9.47 Å². The van der Waals surface area contributed by atoms with Crippen LogP contribution in [0.15, 0.2) is 28.2 Å².